The standard InChI is InChI=1S/C24H23ClN6OS/c1-17-6-8-19(9-7-17)16-33-24-30-29-23(31(24)26)28-27-14-20-4-2-3-5-22(20)32-15-18-10-12-21(25)13-11-18/h2-14H,15-16,26H2,1H3,(H,28,29)/b27-14+. The van der Waals surface area contributed by atoms with Crippen molar-refractivity contribution in [2.45, 2.75) is 24.4 Å². The van der Waals surface area contributed by atoms with E-state index >= 15 is 0 Å². The van der Waals surface area contributed by atoms with Crippen LogP contribution in [-0.4, -0.2) is 21.1 Å². The quantitative estimate of drug-likeness (QED) is 0.147. The Morgan fingerprint density at radius 2 is 1.76 bits per heavy atom. The third-order valence-electron chi connectivity index (χ3n) is 4.75. The molecule has 0 fully saturated rings. The number of para-hydroxylation sites is 1. The van der Waals surface area contributed by atoms with Crippen LogP contribution < -0.4 is 16.0 Å². The van der Waals surface area contributed by atoms with Gasteiger partial charge < -0.3 is 10.6 Å². The summed E-state index contributed by atoms with van der Waals surface area (Å²) in [5.74, 6) is 7.93. The minimum absolute atomic E-state index is 0.345. The van der Waals surface area contributed by atoms with Crippen molar-refractivity contribution in [1.82, 2.24) is 14.9 Å². The lowest BCUT2D eigenvalue weighted by molar-refractivity contribution is 0.306. The summed E-state index contributed by atoms with van der Waals surface area (Å²) in [4.78, 5) is 0. The molecule has 0 bridgehead atoms. The van der Waals surface area contributed by atoms with Crippen LogP contribution in [0.5, 0.6) is 5.75 Å². The van der Waals surface area contributed by atoms with E-state index in [9.17, 15) is 0 Å². The molecule has 168 valence electrons. The van der Waals surface area contributed by atoms with Gasteiger partial charge in [-0.2, -0.15) is 5.10 Å². The number of aryl methyl sites for hydroxylation is 1. The molecular formula is C24H23ClN6OS. The molecule has 33 heavy (non-hydrogen) atoms. The Morgan fingerprint density at radius 1 is 1.03 bits per heavy atom. The molecule has 3 aromatic carbocycles. The summed E-state index contributed by atoms with van der Waals surface area (Å²) in [5.41, 5.74) is 7.10. The maximum absolute atomic E-state index is 6.12. The molecule has 7 nitrogen and oxygen atoms in total. The molecule has 4 aromatic rings. The molecule has 0 saturated carbocycles. The van der Waals surface area contributed by atoms with Gasteiger partial charge in [0, 0.05) is 16.3 Å². The number of nitrogen functional groups attached to an aromatic ring is 1. The second-order valence-corrected chi connectivity index (χ2v) is 8.65. The van der Waals surface area contributed by atoms with E-state index in [0.29, 0.717) is 28.5 Å². The Kier molecular flexibility index (Phi) is 7.49. The lowest BCUT2D eigenvalue weighted by Gasteiger charge is -2.09. The number of aromatic nitrogens is 3. The van der Waals surface area contributed by atoms with E-state index in [2.05, 4.69) is 51.9 Å². The fourth-order valence-electron chi connectivity index (χ4n) is 2.90. The van der Waals surface area contributed by atoms with E-state index < -0.39 is 0 Å². The molecule has 0 spiro atoms. The Hall–Kier alpha value is -3.49. The first-order valence-corrected chi connectivity index (χ1v) is 11.6. The van der Waals surface area contributed by atoms with Crippen LogP contribution in [0.2, 0.25) is 5.02 Å². The van der Waals surface area contributed by atoms with Crippen LogP contribution in [0.4, 0.5) is 5.95 Å². The third kappa shape index (κ3) is 6.27. The first kappa shape index (κ1) is 22.7. The molecule has 0 aliphatic heterocycles. The average Bonchev–Trinajstić information content (AvgIpc) is 3.18. The van der Waals surface area contributed by atoms with Crippen LogP contribution in [0.3, 0.4) is 0 Å². The van der Waals surface area contributed by atoms with E-state index in [0.717, 1.165) is 16.9 Å². The predicted octanol–water partition coefficient (Wildman–Crippen LogP) is 5.27. The topological polar surface area (TPSA) is 90.4 Å². The molecule has 0 unspecified atom stereocenters. The van der Waals surface area contributed by atoms with E-state index in [4.69, 9.17) is 22.2 Å². The molecule has 4 rings (SSSR count). The zero-order chi connectivity index (χ0) is 23.0. The molecule has 1 aromatic heterocycles. The molecule has 0 saturated heterocycles. The van der Waals surface area contributed by atoms with Gasteiger partial charge in [-0.25, -0.2) is 10.1 Å². The highest BCUT2D eigenvalue weighted by molar-refractivity contribution is 7.98. The summed E-state index contributed by atoms with van der Waals surface area (Å²) in [7, 11) is 0. The Balaban J connectivity index is 1.35. The molecule has 0 radical (unpaired) electrons. The number of nitrogens with one attached hydrogen (secondary N) is 1. The number of rotatable bonds is 9. The zero-order valence-corrected chi connectivity index (χ0v) is 19.6. The molecular weight excluding hydrogens is 456 g/mol. The number of hydrogen-bond acceptors (Lipinski definition) is 7. The van der Waals surface area contributed by atoms with Crippen molar-refractivity contribution in [3.8, 4) is 5.75 Å². The SMILES string of the molecule is Cc1ccc(CSc2nnc(N/N=C/c3ccccc3OCc3ccc(Cl)cc3)n2N)cc1. The summed E-state index contributed by atoms with van der Waals surface area (Å²) in [6, 6.07) is 23.5. The van der Waals surface area contributed by atoms with Crippen molar-refractivity contribution >= 4 is 35.5 Å². The molecule has 3 N–H and O–H groups in total. The van der Waals surface area contributed by atoms with Crippen LogP contribution in [-0.2, 0) is 12.4 Å². The number of hydrazone groups is 1. The van der Waals surface area contributed by atoms with Gasteiger partial charge in [0.2, 0.25) is 5.16 Å². The van der Waals surface area contributed by atoms with E-state index in [1.54, 1.807) is 6.21 Å². The van der Waals surface area contributed by atoms with E-state index in [1.807, 2.05) is 48.5 Å². The lowest BCUT2D eigenvalue weighted by Crippen LogP contribution is -2.13. The molecule has 1 heterocycles. The number of thioether (sulfide) groups is 1. The largest absolute Gasteiger partial charge is 0.488 e. The number of hydrogen-bond donors (Lipinski definition) is 2. The van der Waals surface area contributed by atoms with Crippen molar-refractivity contribution in [2.75, 3.05) is 11.3 Å². The fraction of sp³-hybridized carbons (Fsp3) is 0.125. The smallest absolute Gasteiger partial charge is 0.264 e. The van der Waals surface area contributed by atoms with Gasteiger partial charge in [0.25, 0.3) is 5.95 Å². The van der Waals surface area contributed by atoms with Crippen LogP contribution in [0, 0.1) is 6.92 Å². The van der Waals surface area contributed by atoms with Gasteiger partial charge in [0.15, 0.2) is 0 Å². The molecule has 0 atom stereocenters. The Morgan fingerprint density at radius 3 is 2.55 bits per heavy atom. The molecule has 0 aliphatic carbocycles. The Labute approximate surface area is 201 Å². The van der Waals surface area contributed by atoms with Crippen LogP contribution >= 0.6 is 23.4 Å². The Bertz CT molecular complexity index is 1220. The summed E-state index contributed by atoms with van der Waals surface area (Å²) in [5, 5.41) is 13.8. The second kappa shape index (κ2) is 10.9. The van der Waals surface area contributed by atoms with Crippen molar-refractivity contribution in [3.05, 3.63) is 100 Å². The van der Waals surface area contributed by atoms with Gasteiger partial charge in [-0.15, -0.1) is 10.2 Å². The van der Waals surface area contributed by atoms with Gasteiger partial charge in [-0.3, -0.25) is 0 Å². The summed E-state index contributed by atoms with van der Waals surface area (Å²) < 4.78 is 7.34. The number of benzene rings is 3. The summed E-state index contributed by atoms with van der Waals surface area (Å²) in [6.07, 6.45) is 1.66. The predicted molar refractivity (Wildman–Crippen MR) is 134 cm³/mol. The number of halogens is 1. The van der Waals surface area contributed by atoms with Gasteiger partial charge in [0.05, 0.1) is 6.21 Å². The average molecular weight is 479 g/mol. The van der Waals surface area contributed by atoms with Crippen LogP contribution in [0.1, 0.15) is 22.3 Å². The van der Waals surface area contributed by atoms with E-state index in [1.165, 1.54) is 27.6 Å². The highest BCUT2D eigenvalue weighted by Crippen LogP contribution is 2.22. The van der Waals surface area contributed by atoms with Crippen LogP contribution in [0.15, 0.2) is 83.1 Å². The van der Waals surface area contributed by atoms with Gasteiger partial charge in [0.1, 0.15) is 12.4 Å². The highest BCUT2D eigenvalue weighted by Gasteiger charge is 2.10. The number of nitrogens with zero attached hydrogens (tertiary/aromatic N) is 4. The minimum Gasteiger partial charge on any atom is -0.488 e. The first-order chi connectivity index (χ1) is 16.1. The molecule has 0 amide bonds. The van der Waals surface area contributed by atoms with Crippen molar-refractivity contribution < 1.29 is 4.74 Å². The maximum atomic E-state index is 6.12. The van der Waals surface area contributed by atoms with Gasteiger partial charge >= 0.3 is 0 Å². The molecule has 0 aliphatic rings. The normalized spacial score (nSPS) is 11.1. The fourth-order valence-corrected chi connectivity index (χ4v) is 3.84. The highest BCUT2D eigenvalue weighted by atomic mass is 35.5. The summed E-state index contributed by atoms with van der Waals surface area (Å²) in [6.45, 7) is 2.49. The maximum Gasteiger partial charge on any atom is 0.264 e. The zero-order valence-electron chi connectivity index (χ0n) is 18.0. The second-order valence-electron chi connectivity index (χ2n) is 7.27. The van der Waals surface area contributed by atoms with Crippen molar-refractivity contribution in [3.63, 3.8) is 0 Å². The third-order valence-corrected chi connectivity index (χ3v) is 6.01. The van der Waals surface area contributed by atoms with Crippen molar-refractivity contribution in [2.24, 2.45) is 5.10 Å². The monoisotopic (exact) mass is 478 g/mol. The summed E-state index contributed by atoms with van der Waals surface area (Å²) >= 11 is 7.45. The molecule has 9 heteroatoms. The number of nitrogens with two attached hydrogens (primary N) is 1. The lowest BCUT2D eigenvalue weighted by atomic mass is 10.2. The van der Waals surface area contributed by atoms with Crippen LogP contribution in [0.25, 0.3) is 0 Å². The van der Waals surface area contributed by atoms with Gasteiger partial charge in [-0.05, 0) is 42.3 Å². The van der Waals surface area contributed by atoms with E-state index in [-0.39, 0.29) is 0 Å². The van der Waals surface area contributed by atoms with Gasteiger partial charge in [-0.1, -0.05) is 77.5 Å². The first-order valence-electron chi connectivity index (χ1n) is 10.2. The van der Waals surface area contributed by atoms with Crippen molar-refractivity contribution in [1.29, 1.82) is 0 Å². The number of ether oxygens (including phenoxy) is 1. The number of anilines is 1. The minimum atomic E-state index is 0.345.